The van der Waals surface area contributed by atoms with Gasteiger partial charge in [0.05, 0.1) is 5.41 Å². The number of aromatic nitrogens is 3. The molecule has 0 N–H and O–H groups in total. The predicted molar refractivity (Wildman–Crippen MR) is 267 cm³/mol. The van der Waals surface area contributed by atoms with E-state index >= 15 is 0 Å². The van der Waals surface area contributed by atoms with Crippen molar-refractivity contribution in [1.82, 2.24) is 15.0 Å². The maximum absolute atomic E-state index is 6.39. The Morgan fingerprint density at radius 2 is 1.02 bits per heavy atom. The van der Waals surface area contributed by atoms with Crippen LogP contribution in [0.25, 0.3) is 83.7 Å². The third-order valence-electron chi connectivity index (χ3n) is 13.9. The van der Waals surface area contributed by atoms with E-state index in [0.29, 0.717) is 17.5 Å². The number of furan rings is 1. The van der Waals surface area contributed by atoms with E-state index in [2.05, 4.69) is 197 Å². The number of rotatable bonds is 6. The Labute approximate surface area is 379 Å². The highest BCUT2D eigenvalue weighted by molar-refractivity contribution is 6.09. The van der Waals surface area contributed by atoms with E-state index in [0.717, 1.165) is 60.9 Å². The fourth-order valence-corrected chi connectivity index (χ4v) is 10.8. The Morgan fingerprint density at radius 3 is 1.77 bits per heavy atom. The summed E-state index contributed by atoms with van der Waals surface area (Å²) < 4.78 is 6.39. The third-order valence-corrected chi connectivity index (χ3v) is 13.9. The lowest BCUT2D eigenvalue weighted by Crippen LogP contribution is -2.40. The number of hydrogen-bond acceptors (Lipinski definition) is 4. The Kier molecular flexibility index (Phi) is 8.83. The van der Waals surface area contributed by atoms with Crippen molar-refractivity contribution < 1.29 is 4.42 Å². The summed E-state index contributed by atoms with van der Waals surface area (Å²) in [6.45, 7) is 8.81. The van der Waals surface area contributed by atoms with Gasteiger partial charge in [-0.3, -0.25) is 0 Å². The first-order chi connectivity index (χ1) is 31.8. The number of fused-ring (bicyclic) bond motifs is 12. The second kappa shape index (κ2) is 14.8. The van der Waals surface area contributed by atoms with Crippen molar-refractivity contribution in [2.24, 2.45) is 0 Å². The smallest absolute Gasteiger partial charge is 0.164 e. The van der Waals surface area contributed by atoms with Crippen LogP contribution in [0, 0.1) is 0 Å². The molecule has 2 aliphatic rings. The van der Waals surface area contributed by atoms with Gasteiger partial charge in [-0.05, 0) is 98.8 Å². The molecule has 0 saturated carbocycles. The van der Waals surface area contributed by atoms with Crippen LogP contribution in [0.2, 0.25) is 0 Å². The van der Waals surface area contributed by atoms with Crippen molar-refractivity contribution in [2.75, 3.05) is 0 Å². The molecule has 4 heteroatoms. The van der Waals surface area contributed by atoms with E-state index in [-0.39, 0.29) is 5.41 Å². The van der Waals surface area contributed by atoms with Crippen LogP contribution in [0.4, 0.5) is 0 Å². The summed E-state index contributed by atoms with van der Waals surface area (Å²) in [6.07, 6.45) is 6.09. The standard InChI is InChI=1S/C61H45N3O/c1-5-6-17-38(2)57-62-58(40-32-30-39(31-33-40)44-22-16-23-48-47-21-8-14-29-55(47)65-56(44)48)64-59(63-57)43-19-15-18-41(36-43)42-34-35-46-45-20-7-9-24-49(45)61(54(46)37-42)52-27-12-10-25-50(52)60(3,4)51-26-11-13-28-53(51)61/h5-37H,1-4H3/b6-5-,38-17+. The van der Waals surface area contributed by atoms with Crippen molar-refractivity contribution in [2.45, 2.75) is 38.5 Å². The quantitative estimate of drug-likeness (QED) is 0.157. The minimum absolute atomic E-state index is 0.156. The van der Waals surface area contributed by atoms with Gasteiger partial charge >= 0.3 is 0 Å². The molecule has 310 valence electrons. The Hall–Kier alpha value is -7.95. The highest BCUT2D eigenvalue weighted by atomic mass is 16.3. The van der Waals surface area contributed by atoms with Gasteiger partial charge in [0, 0.05) is 32.9 Å². The molecule has 4 nitrogen and oxygen atoms in total. The maximum Gasteiger partial charge on any atom is 0.164 e. The Morgan fingerprint density at radius 1 is 0.462 bits per heavy atom. The van der Waals surface area contributed by atoms with Gasteiger partial charge in [0.25, 0.3) is 0 Å². The number of nitrogens with zero attached hydrogens (tertiary/aromatic N) is 3. The molecule has 2 aromatic heterocycles. The molecule has 65 heavy (non-hydrogen) atoms. The van der Waals surface area contributed by atoms with Crippen LogP contribution in [-0.2, 0) is 10.8 Å². The van der Waals surface area contributed by atoms with Crippen molar-refractivity contribution >= 4 is 27.5 Å². The number of allylic oxidation sites excluding steroid dienone is 4. The highest BCUT2D eigenvalue weighted by Gasteiger charge is 2.53. The Balaban J connectivity index is 0.976. The summed E-state index contributed by atoms with van der Waals surface area (Å²) in [5.41, 5.74) is 18.9. The summed E-state index contributed by atoms with van der Waals surface area (Å²) in [5, 5.41) is 2.23. The van der Waals surface area contributed by atoms with Crippen molar-refractivity contribution in [3.63, 3.8) is 0 Å². The van der Waals surface area contributed by atoms with E-state index in [1.165, 1.54) is 44.5 Å². The first-order valence-electron chi connectivity index (χ1n) is 22.5. The first kappa shape index (κ1) is 38.7. The molecule has 0 amide bonds. The van der Waals surface area contributed by atoms with Crippen LogP contribution >= 0.6 is 0 Å². The molecule has 0 fully saturated rings. The van der Waals surface area contributed by atoms with Gasteiger partial charge in [0.1, 0.15) is 11.2 Å². The van der Waals surface area contributed by atoms with Crippen LogP contribution in [-0.4, -0.2) is 15.0 Å². The summed E-state index contributed by atoms with van der Waals surface area (Å²) in [4.78, 5) is 15.4. The van der Waals surface area contributed by atoms with E-state index in [1.54, 1.807) is 0 Å². The summed E-state index contributed by atoms with van der Waals surface area (Å²) >= 11 is 0. The van der Waals surface area contributed by atoms with E-state index in [9.17, 15) is 0 Å². The van der Waals surface area contributed by atoms with Gasteiger partial charge in [-0.2, -0.15) is 0 Å². The lowest BCUT2D eigenvalue weighted by atomic mass is 9.55. The Bertz CT molecular complexity index is 3560. The fraction of sp³-hybridized carbons (Fsp3) is 0.0984. The van der Waals surface area contributed by atoms with Crippen molar-refractivity contribution in [1.29, 1.82) is 0 Å². The van der Waals surface area contributed by atoms with E-state index in [4.69, 9.17) is 19.4 Å². The van der Waals surface area contributed by atoms with E-state index in [1.807, 2.05) is 31.2 Å². The lowest BCUT2D eigenvalue weighted by Gasteiger charge is -2.46. The second-order valence-electron chi connectivity index (χ2n) is 17.9. The van der Waals surface area contributed by atoms with Gasteiger partial charge in [0.15, 0.2) is 17.5 Å². The van der Waals surface area contributed by atoms with Gasteiger partial charge in [0.2, 0.25) is 0 Å². The molecule has 12 rings (SSSR count). The molecule has 0 bridgehead atoms. The van der Waals surface area contributed by atoms with Crippen LogP contribution in [0.5, 0.6) is 0 Å². The molecule has 8 aromatic carbocycles. The van der Waals surface area contributed by atoms with Gasteiger partial charge in [-0.15, -0.1) is 0 Å². The monoisotopic (exact) mass is 835 g/mol. The average molecular weight is 836 g/mol. The average Bonchev–Trinajstić information content (AvgIpc) is 3.89. The molecule has 2 aliphatic carbocycles. The van der Waals surface area contributed by atoms with Gasteiger partial charge in [-0.25, -0.2) is 15.0 Å². The highest BCUT2D eigenvalue weighted by Crippen LogP contribution is 2.62. The maximum atomic E-state index is 6.39. The molecular weight excluding hydrogens is 791 g/mol. The van der Waals surface area contributed by atoms with Gasteiger partial charge < -0.3 is 4.42 Å². The zero-order chi connectivity index (χ0) is 43.9. The fourth-order valence-electron chi connectivity index (χ4n) is 10.8. The number of para-hydroxylation sites is 2. The van der Waals surface area contributed by atoms with E-state index < -0.39 is 5.41 Å². The van der Waals surface area contributed by atoms with Crippen LogP contribution in [0.1, 0.15) is 66.9 Å². The molecule has 2 heterocycles. The predicted octanol–water partition coefficient (Wildman–Crippen LogP) is 15.4. The number of hydrogen-bond donors (Lipinski definition) is 0. The minimum Gasteiger partial charge on any atom is -0.455 e. The lowest BCUT2D eigenvalue weighted by molar-refractivity contribution is 0.563. The zero-order valence-electron chi connectivity index (χ0n) is 36.8. The normalized spacial score (nSPS) is 14.4. The SMILES string of the molecule is C/C=C\C=C(/C)c1nc(-c2ccc(-c3cccc4c3oc3ccccc34)cc2)nc(-c2cccc(-c3ccc4c(c3)C3(c5ccccc5-4)c4ccccc4C(C)(C)c4ccccc43)c2)n1. The largest absolute Gasteiger partial charge is 0.455 e. The second-order valence-corrected chi connectivity index (χ2v) is 17.9. The molecule has 0 aliphatic heterocycles. The van der Waals surface area contributed by atoms with Gasteiger partial charge in [-0.1, -0.05) is 196 Å². The molecule has 0 atom stereocenters. The summed E-state index contributed by atoms with van der Waals surface area (Å²) in [7, 11) is 0. The summed E-state index contributed by atoms with van der Waals surface area (Å²) in [6, 6.07) is 66.0. The third kappa shape index (κ3) is 5.87. The molecule has 1 spiro atoms. The zero-order valence-corrected chi connectivity index (χ0v) is 36.8. The topological polar surface area (TPSA) is 51.8 Å². The molecule has 0 saturated heterocycles. The number of benzene rings is 8. The summed E-state index contributed by atoms with van der Waals surface area (Å²) in [5.74, 6) is 1.88. The molecule has 10 aromatic rings. The van der Waals surface area contributed by atoms with Crippen molar-refractivity contribution in [3.05, 3.63) is 239 Å². The van der Waals surface area contributed by atoms with Crippen LogP contribution in [0.3, 0.4) is 0 Å². The molecule has 0 unspecified atom stereocenters. The first-order valence-corrected chi connectivity index (χ1v) is 22.5. The minimum atomic E-state index is -0.467. The molecular formula is C61H45N3O. The molecule has 0 radical (unpaired) electrons. The van der Waals surface area contributed by atoms with Crippen LogP contribution in [0.15, 0.2) is 205 Å². The van der Waals surface area contributed by atoms with Crippen LogP contribution < -0.4 is 0 Å². The van der Waals surface area contributed by atoms with Crippen molar-refractivity contribution in [3.8, 4) is 56.2 Å².